The van der Waals surface area contributed by atoms with Crippen LogP contribution in [0.2, 0.25) is 0 Å². The highest BCUT2D eigenvalue weighted by Gasteiger charge is 2.49. The predicted octanol–water partition coefficient (Wildman–Crippen LogP) is 6.11. The summed E-state index contributed by atoms with van der Waals surface area (Å²) in [4.78, 5) is 18.3. The molecule has 1 fully saturated rings. The van der Waals surface area contributed by atoms with Crippen molar-refractivity contribution in [3.05, 3.63) is 79.8 Å². The summed E-state index contributed by atoms with van der Waals surface area (Å²) < 4.78 is 15.4. The van der Waals surface area contributed by atoms with Gasteiger partial charge in [0.1, 0.15) is 11.6 Å². The number of rotatable bonds is 5. The minimum atomic E-state index is -0.342. The van der Waals surface area contributed by atoms with Crippen LogP contribution in [-0.4, -0.2) is 33.0 Å². The first-order valence-electron chi connectivity index (χ1n) is 10.5. The van der Waals surface area contributed by atoms with Crippen LogP contribution < -0.4 is 5.32 Å². The summed E-state index contributed by atoms with van der Waals surface area (Å²) in [6, 6.07) is 8.66. The van der Waals surface area contributed by atoms with Gasteiger partial charge in [0, 0.05) is 16.7 Å². The lowest BCUT2D eigenvalue weighted by Crippen LogP contribution is -2.59. The molecule has 168 valence electrons. The van der Waals surface area contributed by atoms with Crippen LogP contribution in [0, 0.1) is 12.7 Å². The van der Waals surface area contributed by atoms with E-state index in [2.05, 4.69) is 60.7 Å². The average molecular weight is 564 g/mol. The maximum atomic E-state index is 14.1. The molecule has 1 amide bonds. The number of carbonyl (C=O) groups excluding carboxylic acids is 1. The molecular weight excluding hydrogens is 539 g/mol. The number of halogens is 3. The molecule has 0 spiro atoms. The Labute approximate surface area is 204 Å². The lowest BCUT2D eigenvalue weighted by Gasteiger charge is -2.48. The van der Waals surface area contributed by atoms with E-state index in [1.54, 1.807) is 11.1 Å². The Morgan fingerprint density at radius 1 is 1.28 bits per heavy atom. The molecule has 1 saturated heterocycles. The number of aromatic nitrogens is 1. The Morgan fingerprint density at radius 3 is 2.75 bits per heavy atom. The van der Waals surface area contributed by atoms with E-state index >= 15 is 0 Å². The molecule has 32 heavy (non-hydrogen) atoms. The maximum Gasteiger partial charge on any atom is 0.270 e. The summed E-state index contributed by atoms with van der Waals surface area (Å²) >= 11 is 6.80. The van der Waals surface area contributed by atoms with E-state index in [9.17, 15) is 9.18 Å². The molecular formula is C24H25Br2FN4O. The number of pyridine rings is 1. The SMILES string of the molecule is C=C(Nc1ccc(Br)c(C)n1)C1=C(C)C2(C)CCCN2N(Cc2cccc(F)c2Br)C1=O. The number of hydrogen-bond donors (Lipinski definition) is 1. The number of nitrogens with one attached hydrogen (secondary N) is 1. The Morgan fingerprint density at radius 2 is 2.03 bits per heavy atom. The van der Waals surface area contributed by atoms with Gasteiger partial charge in [0.2, 0.25) is 0 Å². The summed E-state index contributed by atoms with van der Waals surface area (Å²) in [6.07, 6.45) is 1.90. The van der Waals surface area contributed by atoms with Gasteiger partial charge in [0.25, 0.3) is 5.91 Å². The monoisotopic (exact) mass is 562 g/mol. The molecule has 1 N–H and O–H groups in total. The van der Waals surface area contributed by atoms with Crippen LogP contribution >= 0.6 is 31.9 Å². The van der Waals surface area contributed by atoms with Crippen LogP contribution in [-0.2, 0) is 11.3 Å². The molecule has 2 aliphatic rings. The van der Waals surface area contributed by atoms with Crippen molar-refractivity contribution in [2.75, 3.05) is 11.9 Å². The van der Waals surface area contributed by atoms with Gasteiger partial charge < -0.3 is 5.32 Å². The number of carbonyl (C=O) groups is 1. The number of benzene rings is 1. The highest BCUT2D eigenvalue weighted by molar-refractivity contribution is 9.10. The summed E-state index contributed by atoms with van der Waals surface area (Å²) in [5.41, 5.74) is 3.31. The Balaban J connectivity index is 1.71. The fraction of sp³-hybridized carbons (Fsp3) is 0.333. The first-order chi connectivity index (χ1) is 15.1. The van der Waals surface area contributed by atoms with E-state index in [0.29, 0.717) is 21.6 Å². The van der Waals surface area contributed by atoms with Crippen LogP contribution in [0.4, 0.5) is 10.2 Å². The van der Waals surface area contributed by atoms with Crippen LogP contribution in [0.1, 0.15) is 37.9 Å². The topological polar surface area (TPSA) is 48.5 Å². The van der Waals surface area contributed by atoms with Crippen molar-refractivity contribution in [1.82, 2.24) is 15.0 Å². The van der Waals surface area contributed by atoms with Gasteiger partial charge in [0.15, 0.2) is 0 Å². The van der Waals surface area contributed by atoms with Gasteiger partial charge in [0.05, 0.1) is 27.8 Å². The van der Waals surface area contributed by atoms with Crippen LogP contribution in [0.5, 0.6) is 0 Å². The van der Waals surface area contributed by atoms with Crippen molar-refractivity contribution < 1.29 is 9.18 Å². The van der Waals surface area contributed by atoms with Crippen molar-refractivity contribution >= 4 is 43.6 Å². The molecule has 1 unspecified atom stereocenters. The molecule has 1 aromatic heterocycles. The fourth-order valence-electron chi connectivity index (χ4n) is 4.56. The molecule has 2 aromatic rings. The zero-order valence-electron chi connectivity index (χ0n) is 18.3. The number of nitrogens with zero attached hydrogens (tertiary/aromatic N) is 3. The lowest BCUT2D eigenvalue weighted by atomic mass is 9.84. The average Bonchev–Trinajstić information content (AvgIpc) is 3.14. The maximum absolute atomic E-state index is 14.1. The van der Waals surface area contributed by atoms with Gasteiger partial charge in [-0.1, -0.05) is 18.7 Å². The van der Waals surface area contributed by atoms with Crippen LogP contribution in [0.25, 0.3) is 0 Å². The van der Waals surface area contributed by atoms with E-state index in [-0.39, 0.29) is 23.8 Å². The molecule has 4 rings (SSSR count). The van der Waals surface area contributed by atoms with Crippen molar-refractivity contribution in [3.8, 4) is 0 Å². The van der Waals surface area contributed by atoms with Crippen molar-refractivity contribution in [1.29, 1.82) is 0 Å². The van der Waals surface area contributed by atoms with Crippen molar-refractivity contribution in [2.24, 2.45) is 0 Å². The third kappa shape index (κ3) is 3.93. The van der Waals surface area contributed by atoms with Crippen molar-refractivity contribution in [3.63, 3.8) is 0 Å². The summed E-state index contributed by atoms with van der Waals surface area (Å²) in [5.74, 6) is 0.137. The lowest BCUT2D eigenvalue weighted by molar-refractivity contribution is -0.156. The summed E-state index contributed by atoms with van der Waals surface area (Å²) in [6.45, 7) is 11.3. The standard InChI is InChI=1S/C24H25Br2FN4O/c1-14-21(16(3)29-20-10-9-18(25)15(2)28-20)23(32)30(31-12-6-11-24(14,31)4)13-17-7-5-8-19(27)22(17)26/h5,7-10H,3,6,11-13H2,1-2,4H3,(H,28,29). The fourth-order valence-corrected chi connectivity index (χ4v) is 5.17. The van der Waals surface area contributed by atoms with E-state index in [1.165, 1.54) is 6.07 Å². The second-order valence-corrected chi connectivity index (χ2v) is 10.1. The van der Waals surface area contributed by atoms with E-state index < -0.39 is 0 Å². The van der Waals surface area contributed by atoms with Gasteiger partial charge in [-0.15, -0.1) is 0 Å². The number of hydrazine groups is 1. The molecule has 0 saturated carbocycles. The Kier molecular flexibility index (Phi) is 6.31. The van der Waals surface area contributed by atoms with Crippen LogP contribution in [0.15, 0.2) is 62.7 Å². The molecule has 0 aliphatic carbocycles. The molecule has 0 radical (unpaired) electrons. The number of anilines is 1. The predicted molar refractivity (Wildman–Crippen MR) is 131 cm³/mol. The van der Waals surface area contributed by atoms with Gasteiger partial charge in [-0.3, -0.25) is 9.80 Å². The third-order valence-electron chi connectivity index (χ3n) is 6.48. The summed E-state index contributed by atoms with van der Waals surface area (Å²) in [7, 11) is 0. The normalized spacial score (nSPS) is 21.2. The number of hydrogen-bond acceptors (Lipinski definition) is 4. The van der Waals surface area contributed by atoms with Gasteiger partial charge in [-0.2, -0.15) is 0 Å². The number of aryl methyl sites for hydroxylation is 1. The zero-order valence-corrected chi connectivity index (χ0v) is 21.5. The van der Waals surface area contributed by atoms with Gasteiger partial charge in [-0.05, 0) is 94.8 Å². The van der Waals surface area contributed by atoms with Gasteiger partial charge >= 0.3 is 0 Å². The number of fused-ring (bicyclic) bond motifs is 1. The molecule has 1 atom stereocenters. The molecule has 3 heterocycles. The third-order valence-corrected chi connectivity index (χ3v) is 8.21. The Hall–Kier alpha value is -2.03. The first-order valence-corrected chi connectivity index (χ1v) is 12.0. The molecule has 0 bridgehead atoms. The smallest absolute Gasteiger partial charge is 0.270 e. The zero-order chi connectivity index (χ0) is 23.2. The number of amides is 1. The minimum absolute atomic E-state index is 0.149. The van der Waals surface area contributed by atoms with Gasteiger partial charge in [-0.25, -0.2) is 14.4 Å². The first kappa shape index (κ1) is 23.1. The van der Waals surface area contributed by atoms with Crippen molar-refractivity contribution in [2.45, 2.75) is 45.7 Å². The molecule has 8 heteroatoms. The highest BCUT2D eigenvalue weighted by atomic mass is 79.9. The minimum Gasteiger partial charge on any atom is -0.340 e. The summed E-state index contributed by atoms with van der Waals surface area (Å²) in [5, 5.41) is 7.09. The molecule has 1 aromatic carbocycles. The van der Waals surface area contributed by atoms with E-state index in [4.69, 9.17) is 0 Å². The Bertz CT molecular complexity index is 1150. The highest BCUT2D eigenvalue weighted by Crippen LogP contribution is 2.44. The van der Waals surface area contributed by atoms with E-state index in [0.717, 1.165) is 40.7 Å². The molecule has 2 aliphatic heterocycles. The quantitative estimate of drug-likeness (QED) is 0.477. The van der Waals surface area contributed by atoms with E-state index in [1.807, 2.05) is 32.0 Å². The second kappa shape index (κ2) is 8.72. The largest absolute Gasteiger partial charge is 0.340 e. The molecule has 5 nitrogen and oxygen atoms in total. The van der Waals surface area contributed by atoms with Crippen LogP contribution in [0.3, 0.4) is 0 Å². The second-order valence-electron chi connectivity index (χ2n) is 8.44.